The minimum atomic E-state index is 0.796. The van der Waals surface area contributed by atoms with E-state index >= 15 is 0 Å². The molecule has 1 aromatic carbocycles. The fourth-order valence-electron chi connectivity index (χ4n) is 1.37. The van der Waals surface area contributed by atoms with Crippen molar-refractivity contribution in [1.82, 2.24) is 9.97 Å². The molecule has 0 radical (unpaired) electrons. The van der Waals surface area contributed by atoms with Crippen molar-refractivity contribution in [2.45, 2.75) is 23.9 Å². The Morgan fingerprint density at radius 1 is 1.06 bits per heavy atom. The summed E-state index contributed by atoms with van der Waals surface area (Å²) in [5.74, 6) is 0. The summed E-state index contributed by atoms with van der Waals surface area (Å²) >= 11 is 5.09. The molecule has 0 amide bonds. The lowest BCUT2D eigenvalue weighted by Crippen LogP contribution is -1.92. The first-order valence-electron chi connectivity index (χ1n) is 4.90. The van der Waals surface area contributed by atoms with E-state index in [1.54, 1.807) is 11.8 Å². The zero-order chi connectivity index (χ0) is 11.5. The topological polar surface area (TPSA) is 25.8 Å². The lowest BCUT2D eigenvalue weighted by Gasteiger charge is -2.04. The van der Waals surface area contributed by atoms with Gasteiger partial charge in [0.15, 0.2) is 5.16 Å². The third-order valence-corrected chi connectivity index (χ3v) is 3.89. The van der Waals surface area contributed by atoms with E-state index in [1.165, 1.54) is 0 Å². The maximum atomic E-state index is 4.40. The Bertz CT molecular complexity index is 494. The second-order valence-corrected chi connectivity index (χ2v) is 5.33. The first kappa shape index (κ1) is 11.6. The molecule has 0 saturated heterocycles. The molecular weight excluding hydrogens is 284 g/mol. The van der Waals surface area contributed by atoms with E-state index in [9.17, 15) is 0 Å². The largest absolute Gasteiger partial charge is 0.228 e. The third kappa shape index (κ3) is 2.83. The molecule has 82 valence electrons. The van der Waals surface area contributed by atoms with Crippen molar-refractivity contribution in [3.05, 3.63) is 46.2 Å². The van der Waals surface area contributed by atoms with Gasteiger partial charge in [0.25, 0.3) is 0 Å². The van der Waals surface area contributed by atoms with Crippen LogP contribution in [0.2, 0.25) is 0 Å². The lowest BCUT2D eigenvalue weighted by atomic mass is 10.4. The molecule has 0 aliphatic carbocycles. The molecule has 1 heterocycles. The molecule has 2 rings (SSSR count). The van der Waals surface area contributed by atoms with Crippen LogP contribution < -0.4 is 0 Å². The molecule has 1 aromatic heterocycles. The molecular formula is C12H11BrN2S. The van der Waals surface area contributed by atoms with Gasteiger partial charge in [0, 0.05) is 20.8 Å². The lowest BCUT2D eigenvalue weighted by molar-refractivity contribution is 0.902. The standard InChI is InChI=1S/C12H11BrN2S/c1-8-7-9(2)15-12(14-8)16-11-6-4-3-5-10(11)13/h3-7H,1-2H3. The van der Waals surface area contributed by atoms with Gasteiger partial charge in [0.1, 0.15) is 0 Å². The van der Waals surface area contributed by atoms with Crippen molar-refractivity contribution in [3.63, 3.8) is 0 Å². The smallest absolute Gasteiger partial charge is 0.192 e. The summed E-state index contributed by atoms with van der Waals surface area (Å²) in [7, 11) is 0. The van der Waals surface area contributed by atoms with Crippen molar-refractivity contribution in [1.29, 1.82) is 0 Å². The molecule has 0 spiro atoms. The van der Waals surface area contributed by atoms with E-state index in [4.69, 9.17) is 0 Å². The van der Waals surface area contributed by atoms with Crippen LogP contribution in [0.25, 0.3) is 0 Å². The maximum Gasteiger partial charge on any atom is 0.192 e. The number of hydrogen-bond acceptors (Lipinski definition) is 3. The van der Waals surface area contributed by atoms with Crippen molar-refractivity contribution in [3.8, 4) is 0 Å². The van der Waals surface area contributed by atoms with E-state index < -0.39 is 0 Å². The van der Waals surface area contributed by atoms with Gasteiger partial charge in [-0.1, -0.05) is 12.1 Å². The Balaban J connectivity index is 2.30. The number of rotatable bonds is 2. The van der Waals surface area contributed by atoms with E-state index in [2.05, 4.69) is 32.0 Å². The molecule has 0 atom stereocenters. The van der Waals surface area contributed by atoms with Gasteiger partial charge in [0.05, 0.1) is 0 Å². The van der Waals surface area contributed by atoms with Gasteiger partial charge >= 0.3 is 0 Å². The van der Waals surface area contributed by atoms with Crippen molar-refractivity contribution in [2.75, 3.05) is 0 Å². The van der Waals surface area contributed by atoms with Crippen molar-refractivity contribution in [2.24, 2.45) is 0 Å². The number of nitrogens with zero attached hydrogens (tertiary/aromatic N) is 2. The van der Waals surface area contributed by atoms with Crippen molar-refractivity contribution >= 4 is 27.7 Å². The summed E-state index contributed by atoms with van der Waals surface area (Å²) in [5, 5.41) is 0.796. The highest BCUT2D eigenvalue weighted by Crippen LogP contribution is 2.31. The Morgan fingerprint density at radius 3 is 2.31 bits per heavy atom. The zero-order valence-corrected chi connectivity index (χ0v) is 11.5. The Kier molecular flexibility index (Phi) is 3.61. The monoisotopic (exact) mass is 294 g/mol. The van der Waals surface area contributed by atoms with Crippen LogP contribution in [0, 0.1) is 13.8 Å². The number of benzene rings is 1. The van der Waals surface area contributed by atoms with Crippen LogP contribution in [0.1, 0.15) is 11.4 Å². The van der Waals surface area contributed by atoms with Gasteiger partial charge in [-0.05, 0) is 59.7 Å². The van der Waals surface area contributed by atoms with E-state index in [0.717, 1.165) is 25.9 Å². The number of aryl methyl sites for hydroxylation is 2. The summed E-state index contributed by atoms with van der Waals surface area (Å²) in [6.07, 6.45) is 0. The second kappa shape index (κ2) is 4.97. The highest BCUT2D eigenvalue weighted by Gasteiger charge is 2.05. The number of halogens is 1. The van der Waals surface area contributed by atoms with Crippen LogP contribution in [0.3, 0.4) is 0 Å². The summed E-state index contributed by atoms with van der Waals surface area (Å²) in [6, 6.07) is 10.1. The number of hydrogen-bond donors (Lipinski definition) is 0. The molecule has 0 unspecified atom stereocenters. The molecule has 0 N–H and O–H groups in total. The first-order chi connectivity index (χ1) is 7.65. The highest BCUT2D eigenvalue weighted by atomic mass is 79.9. The van der Waals surface area contributed by atoms with Crippen LogP contribution in [-0.4, -0.2) is 9.97 Å². The van der Waals surface area contributed by atoms with Gasteiger partial charge in [0.2, 0.25) is 0 Å². The van der Waals surface area contributed by atoms with Crippen LogP contribution in [0.5, 0.6) is 0 Å². The molecule has 0 saturated carbocycles. The quantitative estimate of drug-likeness (QED) is 0.783. The van der Waals surface area contributed by atoms with E-state index in [0.29, 0.717) is 0 Å². The minimum Gasteiger partial charge on any atom is -0.228 e. The highest BCUT2D eigenvalue weighted by molar-refractivity contribution is 9.10. The van der Waals surface area contributed by atoms with Gasteiger partial charge < -0.3 is 0 Å². The Morgan fingerprint density at radius 2 is 1.69 bits per heavy atom. The summed E-state index contributed by atoms with van der Waals surface area (Å²) in [5.41, 5.74) is 2.00. The van der Waals surface area contributed by atoms with Crippen molar-refractivity contribution < 1.29 is 0 Å². The van der Waals surface area contributed by atoms with Gasteiger partial charge in [-0.25, -0.2) is 9.97 Å². The molecule has 4 heteroatoms. The molecule has 0 aliphatic rings. The first-order valence-corrected chi connectivity index (χ1v) is 6.51. The average molecular weight is 295 g/mol. The average Bonchev–Trinajstić information content (AvgIpc) is 2.20. The normalized spacial score (nSPS) is 10.4. The molecule has 0 bridgehead atoms. The van der Waals surface area contributed by atoms with E-state index in [-0.39, 0.29) is 0 Å². The van der Waals surface area contributed by atoms with Crippen LogP contribution in [-0.2, 0) is 0 Å². The fraction of sp³-hybridized carbons (Fsp3) is 0.167. The predicted octanol–water partition coefficient (Wildman–Crippen LogP) is 4.01. The Labute approximate surface area is 108 Å². The summed E-state index contributed by atoms with van der Waals surface area (Å²) < 4.78 is 1.07. The van der Waals surface area contributed by atoms with E-state index in [1.807, 2.05) is 38.1 Å². The zero-order valence-electron chi connectivity index (χ0n) is 9.07. The second-order valence-electron chi connectivity index (χ2n) is 3.47. The molecule has 0 fully saturated rings. The molecule has 0 aliphatic heterocycles. The SMILES string of the molecule is Cc1cc(C)nc(Sc2ccccc2Br)n1. The Hall–Kier alpha value is -0.870. The molecule has 2 aromatic rings. The van der Waals surface area contributed by atoms with Gasteiger partial charge in [-0.2, -0.15) is 0 Å². The maximum absolute atomic E-state index is 4.40. The predicted molar refractivity (Wildman–Crippen MR) is 69.8 cm³/mol. The summed E-state index contributed by atoms with van der Waals surface area (Å²) in [4.78, 5) is 9.93. The van der Waals surface area contributed by atoms with Crippen LogP contribution in [0.4, 0.5) is 0 Å². The van der Waals surface area contributed by atoms with Gasteiger partial charge in [-0.15, -0.1) is 0 Å². The molecule has 2 nitrogen and oxygen atoms in total. The van der Waals surface area contributed by atoms with Gasteiger partial charge in [-0.3, -0.25) is 0 Å². The molecule has 16 heavy (non-hydrogen) atoms. The minimum absolute atomic E-state index is 0.796. The third-order valence-electron chi connectivity index (χ3n) is 2.00. The summed E-state index contributed by atoms with van der Waals surface area (Å²) in [6.45, 7) is 3.97. The number of aromatic nitrogens is 2. The van der Waals surface area contributed by atoms with Crippen LogP contribution in [0.15, 0.2) is 44.9 Å². The fourth-order valence-corrected chi connectivity index (χ4v) is 2.78. The van der Waals surface area contributed by atoms with Crippen LogP contribution >= 0.6 is 27.7 Å².